The van der Waals surface area contributed by atoms with Crippen LogP contribution in [0.2, 0.25) is 5.02 Å². The highest BCUT2D eigenvalue weighted by Crippen LogP contribution is 2.30. The van der Waals surface area contributed by atoms with Crippen LogP contribution in [0.25, 0.3) is 0 Å². The van der Waals surface area contributed by atoms with Gasteiger partial charge in [0.25, 0.3) is 0 Å². The lowest BCUT2D eigenvalue weighted by Gasteiger charge is -2.08. The summed E-state index contributed by atoms with van der Waals surface area (Å²) < 4.78 is 52.2. The number of alkyl halides is 3. The van der Waals surface area contributed by atoms with Crippen LogP contribution in [-0.4, -0.2) is 16.8 Å². The van der Waals surface area contributed by atoms with E-state index in [2.05, 4.69) is 10.3 Å². The predicted molar refractivity (Wildman–Crippen MR) is 98.1 cm³/mol. The fourth-order valence-electron chi connectivity index (χ4n) is 2.11. The van der Waals surface area contributed by atoms with E-state index in [0.717, 1.165) is 5.56 Å². The zero-order chi connectivity index (χ0) is 20.0. The Labute approximate surface area is 162 Å². The molecule has 0 aliphatic carbocycles. The number of nitrogens with one attached hydrogen (secondary N) is 2. The van der Waals surface area contributed by atoms with Crippen molar-refractivity contribution in [2.45, 2.75) is 19.6 Å². The molecule has 0 heterocycles. The maximum Gasteiger partial charge on any atom is 0.416 e. The number of carbonyl (C=O) groups excluding carboxylic acids is 1. The number of rotatable bonds is 4. The van der Waals surface area contributed by atoms with E-state index in [0.29, 0.717) is 40.7 Å². The van der Waals surface area contributed by atoms with Gasteiger partial charge in [-0.3, -0.25) is 4.99 Å². The highest BCUT2D eigenvalue weighted by atomic mass is 35.5. The number of amidine groups is 1. The average molecular weight is 420 g/mol. The summed E-state index contributed by atoms with van der Waals surface area (Å²) in [5.41, 5.74) is -0.881. The predicted octanol–water partition coefficient (Wildman–Crippen LogP) is 3.62. The minimum absolute atomic E-state index is 0.314. The van der Waals surface area contributed by atoms with Crippen molar-refractivity contribution in [1.82, 2.24) is 5.32 Å². The minimum atomic E-state index is -4.67. The number of benzene rings is 2. The molecule has 9 heteroatoms. The minimum Gasteiger partial charge on any atom is -0.264 e. The Hall–Kier alpha value is -2.06. The van der Waals surface area contributed by atoms with Crippen molar-refractivity contribution in [3.05, 3.63) is 70.0 Å². The van der Waals surface area contributed by atoms with Crippen LogP contribution in [0.4, 0.5) is 17.6 Å². The molecule has 0 atom stereocenters. The zero-order valence-electron chi connectivity index (χ0n) is 14.2. The lowest BCUT2D eigenvalue weighted by molar-refractivity contribution is -0.473. The number of carbonyl (C=O) groups is 1. The Kier molecular flexibility index (Phi) is 7.26. The summed E-state index contributed by atoms with van der Waals surface area (Å²) in [5, 5.41) is 3.33. The zero-order valence-corrected chi connectivity index (χ0v) is 15.7. The van der Waals surface area contributed by atoms with Crippen molar-refractivity contribution >= 4 is 34.4 Å². The SMILES string of the molecule is CCSC(NC(=O)c1cc(C(F)(F)F)ccc1F)=[NH+]Cc1ccc(Cl)cc1. The van der Waals surface area contributed by atoms with E-state index in [1.165, 1.54) is 11.8 Å². The summed E-state index contributed by atoms with van der Waals surface area (Å²) >= 11 is 7.06. The fraction of sp³-hybridized carbons (Fsp3) is 0.222. The Balaban J connectivity index is 2.19. The van der Waals surface area contributed by atoms with Crippen LogP contribution < -0.4 is 10.3 Å². The van der Waals surface area contributed by atoms with E-state index in [4.69, 9.17) is 11.6 Å². The summed E-state index contributed by atoms with van der Waals surface area (Å²) in [6, 6.07) is 8.72. The van der Waals surface area contributed by atoms with Crippen LogP contribution in [0.5, 0.6) is 0 Å². The second kappa shape index (κ2) is 9.23. The molecule has 0 fully saturated rings. The Morgan fingerprint density at radius 2 is 1.85 bits per heavy atom. The molecule has 144 valence electrons. The molecule has 2 aromatic carbocycles. The third-order valence-corrected chi connectivity index (χ3v) is 4.50. The molecule has 2 rings (SSSR count). The fourth-order valence-corrected chi connectivity index (χ4v) is 2.86. The van der Waals surface area contributed by atoms with E-state index in [9.17, 15) is 22.4 Å². The monoisotopic (exact) mass is 419 g/mol. The van der Waals surface area contributed by atoms with Crippen molar-refractivity contribution in [1.29, 1.82) is 0 Å². The van der Waals surface area contributed by atoms with Crippen molar-refractivity contribution < 1.29 is 27.3 Å². The number of hydrogen-bond donors (Lipinski definition) is 2. The van der Waals surface area contributed by atoms with Crippen molar-refractivity contribution in [3.63, 3.8) is 0 Å². The van der Waals surface area contributed by atoms with Gasteiger partial charge in [-0.2, -0.15) is 13.2 Å². The first kappa shape index (κ1) is 21.2. The van der Waals surface area contributed by atoms with Crippen LogP contribution >= 0.6 is 23.4 Å². The Morgan fingerprint density at radius 3 is 2.44 bits per heavy atom. The van der Waals surface area contributed by atoms with Gasteiger partial charge in [0, 0.05) is 10.8 Å². The van der Waals surface area contributed by atoms with Gasteiger partial charge in [0.1, 0.15) is 17.9 Å². The molecule has 0 radical (unpaired) electrons. The first-order valence-corrected chi connectivity index (χ1v) is 9.23. The number of halogens is 5. The summed E-state index contributed by atoms with van der Waals surface area (Å²) in [6.07, 6.45) is -4.67. The molecule has 0 saturated carbocycles. The molecule has 2 N–H and O–H groups in total. The second-order valence-corrected chi connectivity index (χ2v) is 7.10. The molecule has 0 bridgehead atoms. The Morgan fingerprint density at radius 1 is 1.19 bits per heavy atom. The van der Waals surface area contributed by atoms with Gasteiger partial charge in [0.05, 0.1) is 5.56 Å². The van der Waals surface area contributed by atoms with Crippen LogP contribution in [0, 0.1) is 5.82 Å². The molecular formula is C18H16ClF4N2OS+. The van der Waals surface area contributed by atoms with Gasteiger partial charge < -0.3 is 0 Å². The molecule has 27 heavy (non-hydrogen) atoms. The molecule has 0 aromatic heterocycles. The number of amides is 1. The quantitative estimate of drug-likeness (QED) is 0.451. The molecule has 3 nitrogen and oxygen atoms in total. The maximum atomic E-state index is 13.9. The van der Waals surface area contributed by atoms with Gasteiger partial charge in [-0.05, 0) is 47.7 Å². The standard InChI is InChI=1S/C18H15ClF4N2OS/c1-2-27-17(24-10-11-3-6-13(19)7-4-11)25-16(26)14-9-12(18(21,22)23)5-8-15(14)20/h3-9H,2,10H2,1H3,(H,24,25,26)/p+1. The number of thioether (sulfide) groups is 1. The van der Waals surface area contributed by atoms with Crippen LogP contribution in [-0.2, 0) is 12.7 Å². The highest BCUT2D eigenvalue weighted by molar-refractivity contribution is 8.13. The molecule has 1 amide bonds. The molecule has 2 aromatic rings. The van der Waals surface area contributed by atoms with Crippen LogP contribution in [0.3, 0.4) is 0 Å². The molecule has 0 saturated heterocycles. The first-order valence-electron chi connectivity index (χ1n) is 7.87. The smallest absolute Gasteiger partial charge is 0.264 e. The van der Waals surface area contributed by atoms with Gasteiger partial charge in [0.15, 0.2) is 0 Å². The van der Waals surface area contributed by atoms with Gasteiger partial charge in [0.2, 0.25) is 0 Å². The van der Waals surface area contributed by atoms with Crippen molar-refractivity contribution in [2.24, 2.45) is 0 Å². The highest BCUT2D eigenvalue weighted by Gasteiger charge is 2.32. The summed E-state index contributed by atoms with van der Waals surface area (Å²) in [6.45, 7) is 2.19. The van der Waals surface area contributed by atoms with E-state index in [1.807, 2.05) is 6.92 Å². The lowest BCUT2D eigenvalue weighted by atomic mass is 10.1. The maximum absolute atomic E-state index is 13.9. The van der Waals surface area contributed by atoms with E-state index < -0.39 is 29.0 Å². The van der Waals surface area contributed by atoms with Gasteiger partial charge in [-0.15, -0.1) is 0 Å². The normalized spacial score (nSPS) is 12.1. The number of hydrogen-bond acceptors (Lipinski definition) is 2. The van der Waals surface area contributed by atoms with Crippen LogP contribution in [0.15, 0.2) is 42.5 Å². The molecule has 0 spiro atoms. The van der Waals surface area contributed by atoms with Crippen LogP contribution in [0.1, 0.15) is 28.4 Å². The summed E-state index contributed by atoms with van der Waals surface area (Å²) in [5.74, 6) is -1.40. The van der Waals surface area contributed by atoms with E-state index >= 15 is 0 Å². The lowest BCUT2D eigenvalue weighted by Crippen LogP contribution is -2.74. The molecule has 0 aliphatic heterocycles. The van der Waals surface area contributed by atoms with Gasteiger partial charge >= 0.3 is 17.3 Å². The average Bonchev–Trinajstić information content (AvgIpc) is 2.60. The largest absolute Gasteiger partial charge is 0.416 e. The molecule has 0 unspecified atom stereocenters. The van der Waals surface area contributed by atoms with Crippen molar-refractivity contribution in [2.75, 3.05) is 5.75 Å². The topological polar surface area (TPSA) is 43.1 Å². The molecular weight excluding hydrogens is 404 g/mol. The van der Waals surface area contributed by atoms with E-state index in [1.54, 1.807) is 24.3 Å². The molecule has 0 aliphatic rings. The third-order valence-electron chi connectivity index (χ3n) is 3.42. The van der Waals surface area contributed by atoms with Crippen molar-refractivity contribution in [3.8, 4) is 0 Å². The van der Waals surface area contributed by atoms with E-state index in [-0.39, 0.29) is 0 Å². The third kappa shape index (κ3) is 6.25. The van der Waals surface area contributed by atoms with Gasteiger partial charge in [-0.25, -0.2) is 14.5 Å². The van der Waals surface area contributed by atoms with Gasteiger partial charge in [-0.1, -0.05) is 30.7 Å². The second-order valence-electron chi connectivity index (χ2n) is 5.39. The summed E-state index contributed by atoms with van der Waals surface area (Å²) in [4.78, 5) is 15.3. The first-order chi connectivity index (χ1) is 12.7. The Bertz CT molecular complexity index is 838. The summed E-state index contributed by atoms with van der Waals surface area (Å²) in [7, 11) is 0.